The lowest BCUT2D eigenvalue weighted by Gasteiger charge is -2.24. The Morgan fingerprint density at radius 1 is 0.385 bits per heavy atom. The van der Waals surface area contributed by atoms with Crippen molar-refractivity contribution in [3.8, 4) is 0 Å². The Hall–Kier alpha value is -3.40. The van der Waals surface area contributed by atoms with Gasteiger partial charge in [-0.05, 0) is 172 Å². The molecule has 3 aromatic heterocycles. The van der Waals surface area contributed by atoms with Crippen LogP contribution in [0, 0.1) is 25.7 Å². The normalized spacial score (nSPS) is 21.8. The topological polar surface area (TPSA) is 57.4 Å². The molecule has 52 heavy (non-hydrogen) atoms. The quantitative estimate of drug-likeness (QED) is 0.286. The number of nitrogens with zero attached hydrogens (tertiary/aromatic N) is 2. The predicted molar refractivity (Wildman–Crippen MR) is 220 cm³/mol. The number of allylic oxidation sites excluding steroid dienone is 4. The minimum atomic E-state index is 0.584. The molecular weight excluding hydrogens is 633 g/mol. The number of nitrogens with one attached hydrogen (secondary N) is 2. The zero-order valence-corrected chi connectivity index (χ0v) is 32.7. The van der Waals surface area contributed by atoms with Crippen molar-refractivity contribution < 1.29 is 0 Å². The minimum Gasteiger partial charge on any atom is -0.355 e. The molecule has 2 N–H and O–H groups in total. The molecular formula is C48H62N4. The molecule has 274 valence electrons. The fourth-order valence-electron chi connectivity index (χ4n) is 11.7. The summed E-state index contributed by atoms with van der Waals surface area (Å²) in [4.78, 5) is 19.3. The van der Waals surface area contributed by atoms with Gasteiger partial charge in [0.1, 0.15) is 0 Å². The van der Waals surface area contributed by atoms with Crippen LogP contribution in [0.4, 0.5) is 0 Å². The predicted octanol–water partition coefficient (Wildman–Crippen LogP) is 14.0. The zero-order valence-electron chi connectivity index (χ0n) is 32.7. The third-order valence-electron chi connectivity index (χ3n) is 14.5. The average Bonchev–Trinajstić information content (AvgIpc) is 3.86. The van der Waals surface area contributed by atoms with Crippen LogP contribution in [0.1, 0.15) is 199 Å². The molecule has 4 nitrogen and oxygen atoms in total. The first kappa shape index (κ1) is 34.4. The molecule has 4 heteroatoms. The van der Waals surface area contributed by atoms with Gasteiger partial charge < -0.3 is 9.97 Å². The molecule has 0 aromatic carbocycles. The number of rotatable bonds is 4. The molecule has 4 saturated carbocycles. The lowest BCUT2D eigenvalue weighted by Crippen LogP contribution is -2.08. The molecule has 2 aliphatic heterocycles. The van der Waals surface area contributed by atoms with Crippen molar-refractivity contribution in [2.75, 3.05) is 0 Å². The van der Waals surface area contributed by atoms with Gasteiger partial charge in [0.05, 0.1) is 22.8 Å². The van der Waals surface area contributed by atoms with E-state index < -0.39 is 0 Å². The van der Waals surface area contributed by atoms with E-state index in [2.05, 4.69) is 61.9 Å². The second kappa shape index (κ2) is 14.4. The molecule has 0 amide bonds. The van der Waals surface area contributed by atoms with Crippen LogP contribution in [-0.4, -0.2) is 19.9 Å². The van der Waals surface area contributed by atoms with Gasteiger partial charge in [-0.2, -0.15) is 0 Å². The number of hydrogen-bond acceptors (Lipinski definition) is 2. The first-order valence-electron chi connectivity index (χ1n) is 21.6. The van der Waals surface area contributed by atoms with Gasteiger partial charge in [-0.1, -0.05) is 77.0 Å². The van der Waals surface area contributed by atoms with Gasteiger partial charge in [-0.3, -0.25) is 0 Å². The maximum atomic E-state index is 5.58. The Morgan fingerprint density at radius 2 is 0.731 bits per heavy atom. The van der Waals surface area contributed by atoms with Crippen molar-refractivity contribution >= 4 is 44.4 Å². The van der Waals surface area contributed by atoms with Crippen LogP contribution in [0.25, 0.3) is 44.4 Å². The molecule has 5 heterocycles. The number of fused-ring (bicyclic) bond motifs is 8. The zero-order chi connectivity index (χ0) is 35.3. The Balaban J connectivity index is 1.36. The van der Waals surface area contributed by atoms with Crippen molar-refractivity contribution in [2.24, 2.45) is 11.8 Å². The van der Waals surface area contributed by atoms with Gasteiger partial charge in [0.2, 0.25) is 0 Å². The molecule has 9 rings (SSSR count). The fraction of sp³-hybridized carbons (Fsp3) is 0.583. The molecule has 0 radical (unpaired) electrons. The Labute approximate surface area is 312 Å². The van der Waals surface area contributed by atoms with Gasteiger partial charge in [0, 0.05) is 22.1 Å². The maximum absolute atomic E-state index is 5.58. The summed E-state index contributed by atoms with van der Waals surface area (Å²) in [5, 5.41) is 0. The number of hydrogen-bond donors (Lipinski definition) is 2. The third-order valence-corrected chi connectivity index (χ3v) is 14.5. The number of aromatic amines is 2. The molecule has 4 aliphatic carbocycles. The molecule has 6 aliphatic rings. The smallest absolute Gasteiger partial charge is 0.0696 e. The van der Waals surface area contributed by atoms with Crippen LogP contribution in [0.3, 0.4) is 0 Å². The van der Waals surface area contributed by atoms with Gasteiger partial charge in [0.25, 0.3) is 0 Å². The van der Waals surface area contributed by atoms with E-state index >= 15 is 0 Å². The highest BCUT2D eigenvalue weighted by Crippen LogP contribution is 2.47. The summed E-state index contributed by atoms with van der Waals surface area (Å²) in [5.74, 6) is 2.40. The minimum absolute atomic E-state index is 0.584. The fourth-order valence-corrected chi connectivity index (χ4v) is 11.7. The number of H-pyrrole nitrogens is 2. The van der Waals surface area contributed by atoms with Crippen molar-refractivity contribution in [2.45, 2.75) is 168 Å². The van der Waals surface area contributed by atoms with Crippen molar-refractivity contribution in [3.05, 3.63) is 69.3 Å². The SMILES string of the molecule is CC1=C(C2CCCCC2)c2cc3nc(cc4[nH]c(cc5[nH]c(cc1n2)c(C1CCCCC1)c5C)c(C1CCCCC1)c4C)C(C1CCCCC1)=C3C. The molecule has 0 saturated heterocycles. The van der Waals surface area contributed by atoms with Gasteiger partial charge in [-0.25, -0.2) is 9.97 Å². The van der Waals surface area contributed by atoms with E-state index in [-0.39, 0.29) is 0 Å². The van der Waals surface area contributed by atoms with E-state index in [9.17, 15) is 0 Å². The number of aromatic nitrogens is 4. The summed E-state index contributed by atoms with van der Waals surface area (Å²) in [6.07, 6.45) is 26.4. The maximum Gasteiger partial charge on any atom is 0.0696 e. The van der Waals surface area contributed by atoms with Crippen LogP contribution in [-0.2, 0) is 0 Å². The van der Waals surface area contributed by atoms with E-state index in [0.29, 0.717) is 23.7 Å². The first-order chi connectivity index (χ1) is 25.4. The Bertz CT molecular complexity index is 2060. The average molecular weight is 695 g/mol. The Morgan fingerprint density at radius 3 is 1.19 bits per heavy atom. The molecule has 0 unspecified atom stereocenters. The van der Waals surface area contributed by atoms with E-state index in [0.717, 1.165) is 11.4 Å². The monoisotopic (exact) mass is 694 g/mol. The van der Waals surface area contributed by atoms with E-state index in [4.69, 9.17) is 9.97 Å². The standard InChI is InChI=1S/C48H62N4/c1-29-37-25-42-46(34-19-11-6-12-20-34)31(3)39(50-42)27-44-48(36-23-15-8-16-24-36)32(4)40(52-44)28-43-47(35-21-13-7-14-22-35)30(2)38(51-43)26-41(49-37)45(29)33-17-9-5-10-18-33/h25-28,33-36,49-50H,5-24H2,1-4H3. The van der Waals surface area contributed by atoms with Crippen molar-refractivity contribution in [3.63, 3.8) is 0 Å². The van der Waals surface area contributed by atoms with Gasteiger partial charge >= 0.3 is 0 Å². The largest absolute Gasteiger partial charge is 0.355 e. The second-order valence-corrected chi connectivity index (χ2v) is 17.7. The van der Waals surface area contributed by atoms with Crippen LogP contribution in [0.5, 0.6) is 0 Å². The summed E-state index contributed by atoms with van der Waals surface area (Å²) in [5.41, 5.74) is 21.6. The molecule has 8 bridgehead atoms. The lowest BCUT2D eigenvalue weighted by atomic mass is 9.80. The van der Waals surface area contributed by atoms with E-state index in [1.165, 1.54) is 195 Å². The molecule has 0 atom stereocenters. The first-order valence-corrected chi connectivity index (χ1v) is 21.6. The van der Waals surface area contributed by atoms with E-state index in [1.54, 1.807) is 11.1 Å². The summed E-state index contributed by atoms with van der Waals surface area (Å²) < 4.78 is 0. The summed E-state index contributed by atoms with van der Waals surface area (Å²) in [6.45, 7) is 9.52. The van der Waals surface area contributed by atoms with Crippen LogP contribution < -0.4 is 0 Å². The summed E-state index contributed by atoms with van der Waals surface area (Å²) in [7, 11) is 0. The van der Waals surface area contributed by atoms with Crippen LogP contribution >= 0.6 is 0 Å². The van der Waals surface area contributed by atoms with Crippen LogP contribution in [0.15, 0.2) is 24.3 Å². The van der Waals surface area contributed by atoms with Crippen molar-refractivity contribution in [1.82, 2.24) is 19.9 Å². The molecule has 0 spiro atoms. The molecule has 3 aromatic rings. The highest BCUT2D eigenvalue weighted by molar-refractivity contribution is 5.96. The van der Waals surface area contributed by atoms with Gasteiger partial charge in [0.15, 0.2) is 0 Å². The van der Waals surface area contributed by atoms with E-state index in [1.807, 2.05) is 0 Å². The summed E-state index contributed by atoms with van der Waals surface area (Å²) >= 11 is 0. The highest BCUT2D eigenvalue weighted by atomic mass is 14.8. The third kappa shape index (κ3) is 6.24. The second-order valence-electron chi connectivity index (χ2n) is 17.7. The lowest BCUT2D eigenvalue weighted by molar-refractivity contribution is 0.429. The Kier molecular flexibility index (Phi) is 9.55. The van der Waals surface area contributed by atoms with Gasteiger partial charge in [-0.15, -0.1) is 0 Å². The molecule has 4 fully saturated rings. The summed E-state index contributed by atoms with van der Waals surface area (Å²) in [6, 6.07) is 9.80. The number of aryl methyl sites for hydroxylation is 2. The van der Waals surface area contributed by atoms with Crippen molar-refractivity contribution in [1.29, 1.82) is 0 Å². The highest BCUT2D eigenvalue weighted by Gasteiger charge is 2.31. The van der Waals surface area contributed by atoms with Crippen LogP contribution in [0.2, 0.25) is 0 Å².